The van der Waals surface area contributed by atoms with Gasteiger partial charge >= 0.3 is 0 Å². The Labute approximate surface area is 60.3 Å². The van der Waals surface area contributed by atoms with Crippen molar-refractivity contribution in [1.82, 2.24) is 4.98 Å². The first-order valence-corrected chi connectivity index (χ1v) is 2.73. The highest BCUT2D eigenvalue weighted by atomic mass is 19.3. The summed E-state index contributed by atoms with van der Waals surface area (Å²) in [4.78, 5) is 3.20. The standard InChI is InChI=1S/C6H4F3NO/c7-5-3(6(8)9)1-10-2-4(5)11/h1-2,6,11H. The van der Waals surface area contributed by atoms with Crippen LogP contribution in [0.2, 0.25) is 0 Å². The van der Waals surface area contributed by atoms with E-state index in [4.69, 9.17) is 5.11 Å². The zero-order valence-electron chi connectivity index (χ0n) is 5.26. The highest BCUT2D eigenvalue weighted by molar-refractivity contribution is 5.25. The predicted octanol–water partition coefficient (Wildman–Crippen LogP) is 1.86. The highest BCUT2D eigenvalue weighted by Crippen LogP contribution is 2.25. The van der Waals surface area contributed by atoms with Crippen molar-refractivity contribution in [2.24, 2.45) is 0 Å². The first-order chi connectivity index (χ1) is 5.13. The lowest BCUT2D eigenvalue weighted by atomic mass is 10.3. The average molecular weight is 163 g/mol. The maximum Gasteiger partial charge on any atom is 0.268 e. The molecule has 0 aliphatic carbocycles. The van der Waals surface area contributed by atoms with E-state index in [2.05, 4.69) is 4.98 Å². The smallest absolute Gasteiger partial charge is 0.268 e. The van der Waals surface area contributed by atoms with Gasteiger partial charge in [-0.1, -0.05) is 0 Å². The van der Waals surface area contributed by atoms with Crippen molar-refractivity contribution in [2.75, 3.05) is 0 Å². The van der Waals surface area contributed by atoms with E-state index in [1.165, 1.54) is 0 Å². The minimum absolute atomic E-state index is 0.680. The zero-order valence-corrected chi connectivity index (χ0v) is 5.26. The largest absolute Gasteiger partial charge is 0.504 e. The molecule has 1 aromatic heterocycles. The lowest BCUT2D eigenvalue weighted by molar-refractivity contribution is 0.144. The minimum atomic E-state index is -2.95. The van der Waals surface area contributed by atoms with E-state index in [9.17, 15) is 13.2 Å². The van der Waals surface area contributed by atoms with Crippen LogP contribution in [0.25, 0.3) is 0 Å². The molecule has 2 nitrogen and oxygen atoms in total. The third-order valence-electron chi connectivity index (χ3n) is 1.12. The van der Waals surface area contributed by atoms with Gasteiger partial charge in [-0.3, -0.25) is 4.98 Å². The van der Waals surface area contributed by atoms with Crippen LogP contribution in [0.3, 0.4) is 0 Å². The summed E-state index contributed by atoms with van der Waals surface area (Å²) in [7, 11) is 0. The molecule has 60 valence electrons. The van der Waals surface area contributed by atoms with Crippen molar-refractivity contribution in [3.63, 3.8) is 0 Å². The zero-order chi connectivity index (χ0) is 8.43. The van der Waals surface area contributed by atoms with Gasteiger partial charge in [0, 0.05) is 6.20 Å². The fourth-order valence-corrected chi connectivity index (χ4v) is 0.602. The van der Waals surface area contributed by atoms with Gasteiger partial charge in [0.2, 0.25) is 0 Å². The maximum absolute atomic E-state index is 12.5. The van der Waals surface area contributed by atoms with E-state index in [0.29, 0.717) is 6.20 Å². The summed E-state index contributed by atoms with van der Waals surface area (Å²) in [6, 6.07) is 0. The molecule has 11 heavy (non-hydrogen) atoms. The number of aromatic hydroxyl groups is 1. The molecule has 0 aliphatic rings. The van der Waals surface area contributed by atoms with Crippen molar-refractivity contribution in [1.29, 1.82) is 0 Å². The van der Waals surface area contributed by atoms with Crippen LogP contribution in [0.15, 0.2) is 12.4 Å². The van der Waals surface area contributed by atoms with Crippen LogP contribution < -0.4 is 0 Å². The van der Waals surface area contributed by atoms with Gasteiger partial charge in [-0.2, -0.15) is 0 Å². The maximum atomic E-state index is 12.5. The molecule has 0 spiro atoms. The number of hydrogen-bond acceptors (Lipinski definition) is 2. The topological polar surface area (TPSA) is 33.1 Å². The first kappa shape index (κ1) is 7.84. The Morgan fingerprint density at radius 2 is 2.00 bits per heavy atom. The van der Waals surface area contributed by atoms with Crippen molar-refractivity contribution >= 4 is 0 Å². The van der Waals surface area contributed by atoms with E-state index in [-0.39, 0.29) is 0 Å². The van der Waals surface area contributed by atoms with E-state index < -0.39 is 23.6 Å². The molecule has 0 bridgehead atoms. The van der Waals surface area contributed by atoms with Crippen molar-refractivity contribution in [3.8, 4) is 5.75 Å². The highest BCUT2D eigenvalue weighted by Gasteiger charge is 2.15. The quantitative estimate of drug-likeness (QED) is 0.685. The van der Waals surface area contributed by atoms with Gasteiger partial charge in [0.15, 0.2) is 11.6 Å². The number of halogens is 3. The van der Waals surface area contributed by atoms with E-state index in [0.717, 1.165) is 6.20 Å². The molecule has 1 rings (SSSR count). The number of alkyl halides is 2. The fourth-order valence-electron chi connectivity index (χ4n) is 0.602. The summed E-state index contributed by atoms with van der Waals surface area (Å²) in [5.41, 5.74) is -0.884. The summed E-state index contributed by atoms with van der Waals surface area (Å²) in [6.45, 7) is 0. The molecular weight excluding hydrogens is 159 g/mol. The second-order valence-corrected chi connectivity index (χ2v) is 1.86. The molecule has 1 heterocycles. The van der Waals surface area contributed by atoms with Crippen LogP contribution >= 0.6 is 0 Å². The molecule has 5 heteroatoms. The number of nitrogens with zero attached hydrogens (tertiary/aromatic N) is 1. The monoisotopic (exact) mass is 163 g/mol. The van der Waals surface area contributed by atoms with E-state index in [1.807, 2.05) is 0 Å². The lowest BCUT2D eigenvalue weighted by Gasteiger charge is -2.00. The summed E-state index contributed by atoms with van der Waals surface area (Å²) in [6.07, 6.45) is -1.50. The van der Waals surface area contributed by atoms with Crippen LogP contribution in [-0.2, 0) is 0 Å². The third-order valence-corrected chi connectivity index (χ3v) is 1.12. The second-order valence-electron chi connectivity index (χ2n) is 1.86. The predicted molar refractivity (Wildman–Crippen MR) is 30.8 cm³/mol. The Balaban J connectivity index is 3.17. The lowest BCUT2D eigenvalue weighted by Crippen LogP contribution is -1.91. The van der Waals surface area contributed by atoms with Gasteiger partial charge in [-0.05, 0) is 0 Å². The van der Waals surface area contributed by atoms with Crippen LogP contribution in [0.5, 0.6) is 5.75 Å². The van der Waals surface area contributed by atoms with Gasteiger partial charge in [0.25, 0.3) is 6.43 Å². The average Bonchev–Trinajstić information content (AvgIpc) is 1.94. The second kappa shape index (κ2) is 2.77. The molecule has 0 saturated heterocycles. The molecule has 0 atom stereocenters. The number of aromatic nitrogens is 1. The summed E-state index contributed by atoms with van der Waals surface area (Å²) >= 11 is 0. The Bertz CT molecular complexity index is 264. The third kappa shape index (κ3) is 1.42. The Hall–Kier alpha value is -1.26. The molecule has 0 saturated carbocycles. The van der Waals surface area contributed by atoms with Gasteiger partial charge < -0.3 is 5.11 Å². The molecule has 1 N–H and O–H groups in total. The van der Waals surface area contributed by atoms with Crippen molar-refractivity contribution in [2.45, 2.75) is 6.43 Å². The van der Waals surface area contributed by atoms with Crippen LogP contribution in [0.4, 0.5) is 13.2 Å². The fraction of sp³-hybridized carbons (Fsp3) is 0.167. The molecule has 0 fully saturated rings. The molecule has 0 radical (unpaired) electrons. The van der Waals surface area contributed by atoms with Gasteiger partial charge in [-0.15, -0.1) is 0 Å². The van der Waals surface area contributed by atoms with Gasteiger partial charge in [0.05, 0.1) is 11.8 Å². The molecule has 0 aromatic carbocycles. The molecule has 0 aliphatic heterocycles. The van der Waals surface area contributed by atoms with Crippen molar-refractivity contribution in [3.05, 3.63) is 23.8 Å². The Kier molecular flexibility index (Phi) is 1.98. The number of rotatable bonds is 1. The number of pyridine rings is 1. The van der Waals surface area contributed by atoms with Crippen LogP contribution in [-0.4, -0.2) is 10.1 Å². The number of hydrogen-bond donors (Lipinski definition) is 1. The van der Waals surface area contributed by atoms with Crippen molar-refractivity contribution < 1.29 is 18.3 Å². The Morgan fingerprint density at radius 3 is 2.45 bits per heavy atom. The Morgan fingerprint density at radius 1 is 1.36 bits per heavy atom. The van der Waals surface area contributed by atoms with Gasteiger partial charge in [-0.25, -0.2) is 13.2 Å². The van der Waals surface area contributed by atoms with Crippen LogP contribution in [0, 0.1) is 5.82 Å². The summed E-state index contributed by atoms with van der Waals surface area (Å²) < 4.78 is 36.1. The van der Waals surface area contributed by atoms with Crippen LogP contribution in [0.1, 0.15) is 12.0 Å². The molecular formula is C6H4F3NO. The minimum Gasteiger partial charge on any atom is -0.504 e. The van der Waals surface area contributed by atoms with E-state index in [1.54, 1.807) is 0 Å². The van der Waals surface area contributed by atoms with E-state index >= 15 is 0 Å². The molecule has 0 amide bonds. The first-order valence-electron chi connectivity index (χ1n) is 2.73. The molecule has 1 aromatic rings. The normalized spacial score (nSPS) is 10.5. The SMILES string of the molecule is Oc1cncc(C(F)F)c1F. The molecule has 0 unspecified atom stereocenters. The summed E-state index contributed by atoms with van der Waals surface area (Å²) in [5.74, 6) is -2.17. The van der Waals surface area contributed by atoms with Gasteiger partial charge in [0.1, 0.15) is 0 Å². The summed E-state index contributed by atoms with van der Waals surface area (Å²) in [5, 5.41) is 8.58.